The predicted molar refractivity (Wildman–Crippen MR) is 99.1 cm³/mol. The maximum absolute atomic E-state index is 12.9. The van der Waals surface area contributed by atoms with E-state index in [1.54, 1.807) is 16.7 Å². The van der Waals surface area contributed by atoms with Crippen LogP contribution in [0.2, 0.25) is 0 Å². The van der Waals surface area contributed by atoms with Crippen LogP contribution in [0.1, 0.15) is 28.8 Å². The lowest BCUT2D eigenvalue weighted by atomic mass is 9.73. The Bertz CT molecular complexity index is 768. The first-order chi connectivity index (χ1) is 12.1. The Morgan fingerprint density at radius 1 is 1.00 bits per heavy atom. The van der Waals surface area contributed by atoms with E-state index in [1.807, 2.05) is 60.9 Å². The summed E-state index contributed by atoms with van der Waals surface area (Å²) >= 11 is 1.55. The number of benzene rings is 2. The van der Waals surface area contributed by atoms with Crippen molar-refractivity contribution in [2.75, 3.05) is 19.3 Å². The first-order valence-electron chi connectivity index (χ1n) is 8.30. The van der Waals surface area contributed by atoms with Crippen molar-refractivity contribution in [2.24, 2.45) is 0 Å². The van der Waals surface area contributed by atoms with Crippen molar-refractivity contribution in [3.05, 3.63) is 65.7 Å². The van der Waals surface area contributed by atoms with Crippen LogP contribution >= 0.6 is 11.8 Å². The molecule has 0 bridgehead atoms. The number of carbonyl (C=O) groups is 2. The molecule has 1 aliphatic rings. The van der Waals surface area contributed by atoms with E-state index in [0.29, 0.717) is 31.5 Å². The highest BCUT2D eigenvalue weighted by molar-refractivity contribution is 7.98. The molecule has 0 unspecified atom stereocenters. The number of carboxylic acid groups (broad SMARTS) is 1. The van der Waals surface area contributed by atoms with Crippen LogP contribution in [0, 0.1) is 0 Å². The topological polar surface area (TPSA) is 57.6 Å². The third kappa shape index (κ3) is 3.29. The van der Waals surface area contributed by atoms with E-state index < -0.39 is 11.4 Å². The molecule has 2 aromatic carbocycles. The molecule has 0 atom stereocenters. The number of thioether (sulfide) groups is 1. The lowest BCUT2D eigenvalue weighted by Crippen LogP contribution is -2.49. The standard InChI is InChI=1S/C20H21NO3S/c1-25-17-10-6-5-9-16(17)18(22)21-13-11-20(12-14-21,19(23)24)15-7-3-2-4-8-15/h2-10H,11-14H2,1H3,(H,23,24). The van der Waals surface area contributed by atoms with Crippen LogP contribution in [0.15, 0.2) is 59.5 Å². The molecule has 5 heteroatoms. The molecule has 0 radical (unpaired) electrons. The van der Waals surface area contributed by atoms with Crippen molar-refractivity contribution in [1.82, 2.24) is 4.90 Å². The highest BCUT2D eigenvalue weighted by atomic mass is 32.2. The van der Waals surface area contributed by atoms with E-state index in [9.17, 15) is 14.7 Å². The van der Waals surface area contributed by atoms with Crippen LogP contribution in [-0.4, -0.2) is 41.2 Å². The van der Waals surface area contributed by atoms with Gasteiger partial charge in [0.25, 0.3) is 5.91 Å². The second-order valence-corrected chi connectivity index (χ2v) is 7.09. The third-order valence-electron chi connectivity index (χ3n) is 4.98. The monoisotopic (exact) mass is 355 g/mol. The number of hydrogen-bond acceptors (Lipinski definition) is 3. The summed E-state index contributed by atoms with van der Waals surface area (Å²) in [5, 5.41) is 9.86. The molecule has 3 rings (SSSR count). The number of rotatable bonds is 4. The molecule has 1 N–H and O–H groups in total. The van der Waals surface area contributed by atoms with Crippen molar-refractivity contribution in [3.63, 3.8) is 0 Å². The van der Waals surface area contributed by atoms with E-state index >= 15 is 0 Å². The normalized spacial score (nSPS) is 16.4. The molecule has 0 spiro atoms. The number of hydrogen-bond donors (Lipinski definition) is 1. The Balaban J connectivity index is 1.81. The van der Waals surface area contributed by atoms with E-state index in [2.05, 4.69) is 0 Å². The Hall–Kier alpha value is -2.27. The van der Waals surface area contributed by atoms with Gasteiger partial charge in [-0.2, -0.15) is 0 Å². The Morgan fingerprint density at radius 3 is 2.20 bits per heavy atom. The minimum Gasteiger partial charge on any atom is -0.481 e. The maximum Gasteiger partial charge on any atom is 0.314 e. The van der Waals surface area contributed by atoms with E-state index in [-0.39, 0.29) is 5.91 Å². The SMILES string of the molecule is CSc1ccccc1C(=O)N1CCC(C(=O)O)(c2ccccc2)CC1. The molecule has 0 aromatic heterocycles. The van der Waals surface area contributed by atoms with Gasteiger partial charge in [-0.15, -0.1) is 11.8 Å². The maximum atomic E-state index is 12.9. The van der Waals surface area contributed by atoms with Gasteiger partial charge in [-0.25, -0.2) is 0 Å². The zero-order chi connectivity index (χ0) is 17.9. The fraction of sp³-hybridized carbons (Fsp3) is 0.300. The summed E-state index contributed by atoms with van der Waals surface area (Å²) in [7, 11) is 0. The van der Waals surface area contributed by atoms with Gasteiger partial charge in [0.1, 0.15) is 0 Å². The van der Waals surface area contributed by atoms with Gasteiger partial charge < -0.3 is 10.0 Å². The smallest absolute Gasteiger partial charge is 0.314 e. The molecular weight excluding hydrogens is 334 g/mol. The summed E-state index contributed by atoms with van der Waals surface area (Å²) in [5.74, 6) is -0.827. The molecule has 1 saturated heterocycles. The van der Waals surface area contributed by atoms with Gasteiger partial charge in [-0.1, -0.05) is 42.5 Å². The minimum atomic E-state index is -0.906. The van der Waals surface area contributed by atoms with Crippen molar-refractivity contribution < 1.29 is 14.7 Å². The molecule has 25 heavy (non-hydrogen) atoms. The number of aliphatic carboxylic acids is 1. The molecule has 1 amide bonds. The van der Waals surface area contributed by atoms with Crippen LogP contribution in [0.25, 0.3) is 0 Å². The molecule has 4 nitrogen and oxygen atoms in total. The largest absolute Gasteiger partial charge is 0.481 e. The molecule has 1 aliphatic heterocycles. The van der Waals surface area contributed by atoms with Gasteiger partial charge in [0.15, 0.2) is 0 Å². The lowest BCUT2D eigenvalue weighted by molar-refractivity contribution is -0.145. The number of nitrogens with zero attached hydrogens (tertiary/aromatic N) is 1. The first-order valence-corrected chi connectivity index (χ1v) is 9.52. The number of amides is 1. The fourth-order valence-electron chi connectivity index (χ4n) is 3.47. The van der Waals surface area contributed by atoms with Crippen molar-refractivity contribution in [2.45, 2.75) is 23.2 Å². The lowest BCUT2D eigenvalue weighted by Gasteiger charge is -2.39. The quantitative estimate of drug-likeness (QED) is 0.850. The summed E-state index contributed by atoms with van der Waals surface area (Å²) in [4.78, 5) is 27.6. The zero-order valence-corrected chi connectivity index (χ0v) is 15.0. The van der Waals surface area contributed by atoms with Gasteiger partial charge in [0.2, 0.25) is 0 Å². The summed E-state index contributed by atoms with van der Waals surface area (Å²) in [6.45, 7) is 0.894. The second kappa shape index (κ2) is 7.31. The number of likely N-dealkylation sites (tertiary alicyclic amines) is 1. The Kier molecular flexibility index (Phi) is 5.13. The summed E-state index contributed by atoms with van der Waals surface area (Å²) in [5.41, 5.74) is 0.605. The molecular formula is C20H21NO3S. The number of piperidine rings is 1. The van der Waals surface area contributed by atoms with Crippen LogP contribution in [0.3, 0.4) is 0 Å². The predicted octanol–water partition coefficient (Wildman–Crippen LogP) is 3.67. The van der Waals surface area contributed by atoms with Gasteiger partial charge in [-0.3, -0.25) is 9.59 Å². The number of carbonyl (C=O) groups excluding carboxylic acids is 1. The number of carboxylic acids is 1. The average molecular weight is 355 g/mol. The van der Waals surface area contributed by atoms with E-state index in [0.717, 1.165) is 10.5 Å². The Morgan fingerprint density at radius 2 is 1.60 bits per heavy atom. The molecule has 1 fully saturated rings. The minimum absolute atomic E-state index is 0.0167. The van der Waals surface area contributed by atoms with Crippen molar-refractivity contribution >= 4 is 23.6 Å². The van der Waals surface area contributed by atoms with E-state index in [1.165, 1.54) is 0 Å². The Labute approximate surface area is 151 Å². The molecule has 130 valence electrons. The zero-order valence-electron chi connectivity index (χ0n) is 14.1. The van der Waals surface area contributed by atoms with Gasteiger partial charge in [0, 0.05) is 18.0 Å². The fourth-order valence-corrected chi connectivity index (χ4v) is 4.06. The van der Waals surface area contributed by atoms with Gasteiger partial charge in [0.05, 0.1) is 11.0 Å². The van der Waals surface area contributed by atoms with Crippen LogP contribution in [-0.2, 0) is 10.2 Å². The molecule has 0 saturated carbocycles. The van der Waals surface area contributed by atoms with Crippen LogP contribution in [0.5, 0.6) is 0 Å². The average Bonchev–Trinajstić information content (AvgIpc) is 2.68. The van der Waals surface area contributed by atoms with Crippen molar-refractivity contribution in [1.29, 1.82) is 0 Å². The van der Waals surface area contributed by atoms with Gasteiger partial charge >= 0.3 is 5.97 Å². The molecule has 1 heterocycles. The third-order valence-corrected chi connectivity index (χ3v) is 5.77. The summed E-state index contributed by atoms with van der Waals surface area (Å²) in [6, 6.07) is 16.9. The second-order valence-electron chi connectivity index (χ2n) is 6.25. The van der Waals surface area contributed by atoms with Gasteiger partial charge in [-0.05, 0) is 36.8 Å². The molecule has 0 aliphatic carbocycles. The van der Waals surface area contributed by atoms with Crippen LogP contribution < -0.4 is 0 Å². The molecule has 2 aromatic rings. The summed E-state index contributed by atoms with van der Waals surface area (Å²) < 4.78 is 0. The van der Waals surface area contributed by atoms with E-state index in [4.69, 9.17) is 0 Å². The highest BCUT2D eigenvalue weighted by Crippen LogP contribution is 2.36. The van der Waals surface area contributed by atoms with Crippen molar-refractivity contribution in [3.8, 4) is 0 Å². The summed E-state index contributed by atoms with van der Waals surface area (Å²) in [6.07, 6.45) is 2.81. The van der Waals surface area contributed by atoms with Crippen LogP contribution in [0.4, 0.5) is 0 Å². The first kappa shape index (κ1) is 17.5. The highest BCUT2D eigenvalue weighted by Gasteiger charge is 2.44.